The number of nitrogens with one attached hydrogen (secondary N) is 1. The van der Waals surface area contributed by atoms with Crippen LogP contribution in [0.1, 0.15) is 34.1 Å². The third-order valence-electron chi connectivity index (χ3n) is 5.10. The van der Waals surface area contributed by atoms with Gasteiger partial charge in [0, 0.05) is 9.77 Å². The summed E-state index contributed by atoms with van der Waals surface area (Å²) in [6.07, 6.45) is 2.69. The van der Waals surface area contributed by atoms with Gasteiger partial charge in [0.2, 0.25) is 0 Å². The van der Waals surface area contributed by atoms with Crippen molar-refractivity contribution in [3.63, 3.8) is 0 Å². The van der Waals surface area contributed by atoms with E-state index in [1.54, 1.807) is 6.92 Å². The smallest absolute Gasteiger partial charge is 0.341 e. The number of hydrogen-bond acceptors (Lipinski definition) is 7. The van der Waals surface area contributed by atoms with Crippen molar-refractivity contribution >= 4 is 56.7 Å². The third kappa shape index (κ3) is 5.14. The van der Waals surface area contributed by atoms with Crippen molar-refractivity contribution in [3.8, 4) is 0 Å². The highest BCUT2D eigenvalue weighted by Gasteiger charge is 2.28. The summed E-state index contributed by atoms with van der Waals surface area (Å²) in [6.45, 7) is 1.61. The van der Waals surface area contributed by atoms with Gasteiger partial charge in [0.15, 0.2) is 6.61 Å². The van der Waals surface area contributed by atoms with Crippen molar-refractivity contribution in [1.82, 2.24) is 0 Å². The van der Waals surface area contributed by atoms with Crippen molar-refractivity contribution in [3.05, 3.63) is 58.5 Å². The van der Waals surface area contributed by atoms with Gasteiger partial charge in [0.1, 0.15) is 5.00 Å². The number of carbonyl (C=O) groups is 3. The third-order valence-corrected chi connectivity index (χ3v) is 7.27. The predicted octanol–water partition coefficient (Wildman–Crippen LogP) is 4.84. The maximum Gasteiger partial charge on any atom is 0.341 e. The van der Waals surface area contributed by atoms with Crippen LogP contribution in [-0.4, -0.2) is 36.8 Å². The number of rotatable bonds is 8. The number of benzene rings is 2. The Kier molecular flexibility index (Phi) is 7.12. The number of hydrogen-bond donors (Lipinski definition) is 1. The quantitative estimate of drug-likeness (QED) is 0.376. The molecule has 0 aliphatic heterocycles. The molecule has 0 spiro atoms. The van der Waals surface area contributed by atoms with Gasteiger partial charge in [-0.3, -0.25) is 9.59 Å². The molecule has 0 unspecified atom stereocenters. The fourth-order valence-electron chi connectivity index (χ4n) is 3.66. The summed E-state index contributed by atoms with van der Waals surface area (Å²) < 4.78 is 10.3. The van der Waals surface area contributed by atoms with Crippen molar-refractivity contribution in [2.45, 2.75) is 31.1 Å². The zero-order valence-electron chi connectivity index (χ0n) is 17.6. The molecule has 0 saturated heterocycles. The van der Waals surface area contributed by atoms with Crippen LogP contribution >= 0.6 is 23.1 Å². The molecular formula is C24H23NO5S2. The number of ether oxygens (including phenoxy) is 2. The summed E-state index contributed by atoms with van der Waals surface area (Å²) >= 11 is 2.76. The number of aryl methyl sites for hydroxylation is 1. The van der Waals surface area contributed by atoms with Crippen LogP contribution in [0.15, 0.2) is 47.4 Å². The first-order valence-electron chi connectivity index (χ1n) is 10.4. The van der Waals surface area contributed by atoms with E-state index < -0.39 is 24.5 Å². The van der Waals surface area contributed by atoms with Gasteiger partial charge in [-0.15, -0.1) is 23.1 Å². The van der Waals surface area contributed by atoms with E-state index in [1.165, 1.54) is 23.1 Å². The minimum absolute atomic E-state index is 0.104. The van der Waals surface area contributed by atoms with E-state index in [0.29, 0.717) is 10.6 Å². The van der Waals surface area contributed by atoms with Crippen molar-refractivity contribution in [2.24, 2.45) is 0 Å². The minimum Gasteiger partial charge on any atom is -0.462 e. The number of fused-ring (bicyclic) bond motifs is 2. The van der Waals surface area contributed by atoms with Gasteiger partial charge in [-0.2, -0.15) is 0 Å². The van der Waals surface area contributed by atoms with Crippen LogP contribution in [0.25, 0.3) is 10.8 Å². The first kappa shape index (κ1) is 22.4. The molecule has 1 aliphatic carbocycles. The number of carbonyl (C=O) groups excluding carboxylic acids is 3. The van der Waals surface area contributed by atoms with E-state index >= 15 is 0 Å². The lowest BCUT2D eigenvalue weighted by Crippen LogP contribution is -2.22. The highest BCUT2D eigenvalue weighted by Crippen LogP contribution is 2.39. The second kappa shape index (κ2) is 10.2. The molecule has 2 aromatic carbocycles. The van der Waals surface area contributed by atoms with E-state index in [2.05, 4.69) is 5.32 Å². The Morgan fingerprint density at radius 3 is 2.69 bits per heavy atom. The van der Waals surface area contributed by atoms with Crippen molar-refractivity contribution in [1.29, 1.82) is 0 Å². The van der Waals surface area contributed by atoms with Crippen LogP contribution in [0.3, 0.4) is 0 Å². The average Bonchev–Trinajstić information content (AvgIpc) is 3.37. The molecule has 6 nitrogen and oxygen atoms in total. The van der Waals surface area contributed by atoms with E-state index in [-0.39, 0.29) is 12.4 Å². The largest absolute Gasteiger partial charge is 0.462 e. The minimum atomic E-state index is -0.474. The molecule has 32 heavy (non-hydrogen) atoms. The summed E-state index contributed by atoms with van der Waals surface area (Å²) in [6, 6.07) is 14.0. The summed E-state index contributed by atoms with van der Waals surface area (Å²) in [4.78, 5) is 38.9. The Bertz CT molecular complexity index is 1170. The first-order valence-corrected chi connectivity index (χ1v) is 12.2. The predicted molar refractivity (Wildman–Crippen MR) is 127 cm³/mol. The zero-order chi connectivity index (χ0) is 22.5. The molecule has 1 aliphatic rings. The van der Waals surface area contributed by atoms with E-state index in [0.717, 1.165) is 45.4 Å². The second-order valence-electron chi connectivity index (χ2n) is 7.29. The number of thioether (sulfide) groups is 1. The zero-order valence-corrected chi connectivity index (χ0v) is 19.3. The summed E-state index contributed by atoms with van der Waals surface area (Å²) in [7, 11) is 0. The molecule has 166 valence electrons. The Hall–Kier alpha value is -2.84. The molecule has 0 saturated carbocycles. The SMILES string of the molecule is CCOC(=O)c1c(NC(=O)COC(=O)CSc2ccc3ccccc3c2)sc2c1CCC2. The number of anilines is 1. The van der Waals surface area contributed by atoms with Crippen LogP contribution in [0.5, 0.6) is 0 Å². The van der Waals surface area contributed by atoms with Crippen LogP contribution in [0, 0.1) is 0 Å². The van der Waals surface area contributed by atoms with Gasteiger partial charge in [-0.25, -0.2) is 4.79 Å². The lowest BCUT2D eigenvalue weighted by atomic mass is 10.1. The highest BCUT2D eigenvalue weighted by atomic mass is 32.2. The molecule has 1 heterocycles. The summed E-state index contributed by atoms with van der Waals surface area (Å²) in [5.41, 5.74) is 1.41. The van der Waals surface area contributed by atoms with Crippen molar-refractivity contribution < 1.29 is 23.9 Å². The molecule has 1 N–H and O–H groups in total. The number of thiophene rings is 1. The summed E-state index contributed by atoms with van der Waals surface area (Å²) in [5.74, 6) is -1.27. The molecule has 4 rings (SSSR count). The average molecular weight is 470 g/mol. The number of amides is 1. The van der Waals surface area contributed by atoms with Crippen LogP contribution in [0.4, 0.5) is 5.00 Å². The highest BCUT2D eigenvalue weighted by molar-refractivity contribution is 8.00. The van der Waals surface area contributed by atoms with Gasteiger partial charge < -0.3 is 14.8 Å². The molecule has 0 atom stereocenters. The molecule has 0 bridgehead atoms. The molecule has 0 fully saturated rings. The van der Waals surface area contributed by atoms with Gasteiger partial charge >= 0.3 is 11.9 Å². The fourth-order valence-corrected chi connectivity index (χ4v) is 5.70. The first-order chi connectivity index (χ1) is 15.5. The molecule has 3 aromatic rings. The molecule has 8 heteroatoms. The van der Waals surface area contributed by atoms with Crippen LogP contribution in [0.2, 0.25) is 0 Å². The van der Waals surface area contributed by atoms with Crippen LogP contribution in [-0.2, 0) is 31.9 Å². The fraction of sp³-hybridized carbons (Fsp3) is 0.292. The normalized spacial score (nSPS) is 12.4. The molecular weight excluding hydrogens is 446 g/mol. The van der Waals surface area contributed by atoms with Gasteiger partial charge in [0.05, 0.1) is 17.9 Å². The van der Waals surface area contributed by atoms with Gasteiger partial charge in [-0.1, -0.05) is 30.3 Å². The Morgan fingerprint density at radius 2 is 1.88 bits per heavy atom. The number of esters is 2. The van der Waals surface area contributed by atoms with Gasteiger partial charge in [0.25, 0.3) is 5.91 Å². The van der Waals surface area contributed by atoms with E-state index in [9.17, 15) is 14.4 Å². The molecule has 1 aromatic heterocycles. The molecule has 0 radical (unpaired) electrons. The maximum absolute atomic E-state index is 12.4. The van der Waals surface area contributed by atoms with Gasteiger partial charge in [-0.05, 0) is 54.7 Å². The molecule has 1 amide bonds. The Labute approximate surface area is 194 Å². The Balaban J connectivity index is 1.30. The standard InChI is InChI=1S/C24H23NO5S2/c1-2-29-24(28)22-18-8-5-9-19(18)32-23(22)25-20(26)13-30-21(27)14-31-17-11-10-15-6-3-4-7-16(15)12-17/h3-4,6-7,10-12H,2,5,8-9,13-14H2,1H3,(H,25,26). The summed E-state index contributed by atoms with van der Waals surface area (Å²) in [5, 5.41) is 5.43. The second-order valence-corrected chi connectivity index (χ2v) is 9.44. The Morgan fingerprint density at radius 1 is 1.06 bits per heavy atom. The lowest BCUT2D eigenvalue weighted by Gasteiger charge is -2.09. The van der Waals surface area contributed by atoms with Crippen molar-refractivity contribution in [2.75, 3.05) is 24.3 Å². The van der Waals surface area contributed by atoms with E-state index in [1.807, 2.05) is 42.5 Å². The topological polar surface area (TPSA) is 81.7 Å². The monoisotopic (exact) mass is 469 g/mol. The van der Waals surface area contributed by atoms with E-state index in [4.69, 9.17) is 9.47 Å². The van der Waals surface area contributed by atoms with Crippen LogP contribution < -0.4 is 5.32 Å². The maximum atomic E-state index is 12.4. The lowest BCUT2D eigenvalue weighted by molar-refractivity contribution is -0.144.